The number of nitrogens with two attached hydrogens (primary N) is 1. The molecule has 0 saturated carbocycles. The van der Waals surface area contributed by atoms with Gasteiger partial charge in [0.25, 0.3) is 0 Å². The fourth-order valence-electron chi connectivity index (χ4n) is 4.03. The van der Waals surface area contributed by atoms with Crippen molar-refractivity contribution >= 4 is 22.6 Å². The summed E-state index contributed by atoms with van der Waals surface area (Å²) in [6.45, 7) is 1.36. The quantitative estimate of drug-likeness (QED) is 0.685. The van der Waals surface area contributed by atoms with E-state index in [2.05, 4.69) is 9.88 Å². The molecule has 1 aliphatic heterocycles. The highest BCUT2D eigenvalue weighted by Gasteiger charge is 2.33. The van der Waals surface area contributed by atoms with E-state index in [4.69, 9.17) is 5.73 Å². The number of piperidine rings is 1. The Labute approximate surface area is 158 Å². The first-order valence-corrected chi connectivity index (χ1v) is 9.34. The summed E-state index contributed by atoms with van der Waals surface area (Å²) in [4.78, 5) is 30.5. The zero-order valence-electron chi connectivity index (χ0n) is 15.1. The molecule has 1 saturated heterocycles. The number of rotatable bonds is 5. The molecule has 27 heavy (non-hydrogen) atoms. The minimum atomic E-state index is -0.362. The second-order valence-corrected chi connectivity index (χ2v) is 7.14. The first-order valence-electron chi connectivity index (χ1n) is 9.34. The second-order valence-electron chi connectivity index (χ2n) is 7.14. The van der Waals surface area contributed by atoms with Crippen LogP contribution in [0, 0.1) is 5.92 Å². The van der Waals surface area contributed by atoms with Gasteiger partial charge in [0.1, 0.15) is 0 Å². The number of hydrogen-bond donors (Lipinski definition) is 2. The van der Waals surface area contributed by atoms with Crippen molar-refractivity contribution in [2.24, 2.45) is 11.7 Å². The third-order valence-corrected chi connectivity index (χ3v) is 5.52. The summed E-state index contributed by atoms with van der Waals surface area (Å²) < 4.78 is 0. The molecule has 0 aliphatic carbocycles. The van der Waals surface area contributed by atoms with Gasteiger partial charge < -0.3 is 10.7 Å². The van der Waals surface area contributed by atoms with E-state index in [-0.39, 0.29) is 23.7 Å². The molecule has 0 spiro atoms. The summed E-state index contributed by atoms with van der Waals surface area (Å²) in [5, 5.41) is 0.940. The molecule has 2 aromatic carbocycles. The minimum Gasteiger partial charge on any atom is -0.369 e. The lowest BCUT2D eigenvalue weighted by molar-refractivity contribution is -0.123. The average molecular weight is 361 g/mol. The molecule has 3 aromatic rings. The number of para-hydroxylation sites is 1. The summed E-state index contributed by atoms with van der Waals surface area (Å²) in [6.07, 6.45) is 3.19. The van der Waals surface area contributed by atoms with Crippen molar-refractivity contribution in [2.45, 2.75) is 18.9 Å². The smallest absolute Gasteiger partial charge is 0.220 e. The summed E-state index contributed by atoms with van der Waals surface area (Å²) in [5.41, 5.74) is 8.11. The van der Waals surface area contributed by atoms with Gasteiger partial charge in [-0.05, 0) is 37.6 Å². The molecule has 5 nitrogen and oxygen atoms in total. The zero-order valence-corrected chi connectivity index (χ0v) is 15.1. The van der Waals surface area contributed by atoms with Crippen LogP contribution in [0.3, 0.4) is 0 Å². The zero-order chi connectivity index (χ0) is 18.8. The van der Waals surface area contributed by atoms with Crippen LogP contribution in [0.2, 0.25) is 0 Å². The van der Waals surface area contributed by atoms with Crippen molar-refractivity contribution < 1.29 is 9.59 Å². The SMILES string of the molecule is NC(=O)C1CCN([C@@H](C(=O)c2c[nH]c3ccccc23)c2ccccc2)CC1. The maximum Gasteiger partial charge on any atom is 0.220 e. The highest BCUT2D eigenvalue weighted by Crippen LogP contribution is 2.32. The lowest BCUT2D eigenvalue weighted by atomic mass is 9.90. The Morgan fingerprint density at radius 1 is 1.00 bits per heavy atom. The molecule has 1 aromatic heterocycles. The number of ketones is 1. The van der Waals surface area contributed by atoms with Crippen LogP contribution >= 0.6 is 0 Å². The van der Waals surface area contributed by atoms with Gasteiger partial charge in [0.15, 0.2) is 5.78 Å². The molecule has 0 radical (unpaired) electrons. The molecule has 2 heterocycles. The molecular formula is C22H23N3O2. The monoisotopic (exact) mass is 361 g/mol. The Hall–Kier alpha value is -2.92. The van der Waals surface area contributed by atoms with Crippen molar-refractivity contribution in [1.29, 1.82) is 0 Å². The van der Waals surface area contributed by atoms with Gasteiger partial charge in [-0.25, -0.2) is 0 Å². The fraction of sp³-hybridized carbons (Fsp3) is 0.273. The van der Waals surface area contributed by atoms with Gasteiger partial charge in [-0.15, -0.1) is 0 Å². The number of nitrogens with one attached hydrogen (secondary N) is 1. The van der Waals surface area contributed by atoms with E-state index in [0.717, 1.165) is 16.5 Å². The Bertz CT molecular complexity index is 956. The predicted molar refractivity (Wildman–Crippen MR) is 105 cm³/mol. The molecule has 4 rings (SSSR count). The number of carbonyl (C=O) groups is 2. The number of Topliss-reactive ketones (excluding diaryl/α,β-unsaturated/α-hetero) is 1. The number of fused-ring (bicyclic) bond motifs is 1. The van der Waals surface area contributed by atoms with E-state index in [1.165, 1.54) is 0 Å². The summed E-state index contributed by atoms with van der Waals surface area (Å²) >= 11 is 0. The standard InChI is InChI=1S/C22H23N3O2/c23-22(27)16-10-12-25(13-11-16)20(15-6-2-1-3-7-15)21(26)18-14-24-19-9-5-4-8-17(18)19/h1-9,14,16,20,24H,10-13H2,(H2,23,27)/t20-/m1/s1. The topological polar surface area (TPSA) is 79.2 Å². The van der Waals surface area contributed by atoms with E-state index >= 15 is 0 Å². The first-order chi connectivity index (χ1) is 13.1. The molecule has 1 amide bonds. The Kier molecular flexibility index (Phi) is 4.77. The van der Waals surface area contributed by atoms with Crippen LogP contribution in [0.25, 0.3) is 10.9 Å². The number of benzene rings is 2. The molecule has 3 N–H and O–H groups in total. The van der Waals surface area contributed by atoms with E-state index in [1.54, 1.807) is 6.20 Å². The van der Waals surface area contributed by atoms with Gasteiger partial charge in [-0.2, -0.15) is 0 Å². The number of aromatic nitrogens is 1. The fourth-order valence-corrected chi connectivity index (χ4v) is 4.03. The largest absolute Gasteiger partial charge is 0.369 e. The maximum absolute atomic E-state index is 13.6. The van der Waals surface area contributed by atoms with E-state index in [0.29, 0.717) is 31.5 Å². The van der Waals surface area contributed by atoms with Crippen molar-refractivity contribution in [3.05, 3.63) is 71.9 Å². The van der Waals surface area contributed by atoms with Gasteiger partial charge in [0, 0.05) is 28.6 Å². The molecule has 1 atom stereocenters. The molecule has 0 unspecified atom stereocenters. The minimum absolute atomic E-state index is 0.0798. The van der Waals surface area contributed by atoms with Crippen LogP contribution < -0.4 is 5.73 Å². The van der Waals surface area contributed by atoms with E-state index in [9.17, 15) is 9.59 Å². The summed E-state index contributed by atoms with van der Waals surface area (Å²) in [6, 6.07) is 17.4. The summed E-state index contributed by atoms with van der Waals surface area (Å²) in [7, 11) is 0. The number of H-pyrrole nitrogens is 1. The highest BCUT2D eigenvalue weighted by atomic mass is 16.1. The van der Waals surface area contributed by atoms with Gasteiger partial charge >= 0.3 is 0 Å². The molecule has 1 fully saturated rings. The lowest BCUT2D eigenvalue weighted by Gasteiger charge is -2.36. The van der Waals surface area contributed by atoms with E-state index < -0.39 is 0 Å². The molecule has 1 aliphatic rings. The lowest BCUT2D eigenvalue weighted by Crippen LogP contribution is -2.42. The van der Waals surface area contributed by atoms with Crippen molar-refractivity contribution in [3.8, 4) is 0 Å². The van der Waals surface area contributed by atoms with Gasteiger partial charge in [-0.1, -0.05) is 48.5 Å². The Morgan fingerprint density at radius 2 is 1.67 bits per heavy atom. The highest BCUT2D eigenvalue weighted by molar-refractivity contribution is 6.10. The van der Waals surface area contributed by atoms with Gasteiger partial charge in [0.05, 0.1) is 6.04 Å². The van der Waals surface area contributed by atoms with Crippen LogP contribution in [-0.2, 0) is 4.79 Å². The second kappa shape index (κ2) is 7.37. The average Bonchev–Trinajstić information content (AvgIpc) is 3.13. The number of primary amides is 1. The molecular weight excluding hydrogens is 338 g/mol. The number of carbonyl (C=O) groups excluding carboxylic acids is 2. The first kappa shape index (κ1) is 17.5. The van der Waals surface area contributed by atoms with Gasteiger partial charge in [-0.3, -0.25) is 14.5 Å². The number of nitrogens with zero attached hydrogens (tertiary/aromatic N) is 1. The number of likely N-dealkylation sites (tertiary alicyclic amines) is 1. The normalized spacial score (nSPS) is 17.0. The number of hydrogen-bond acceptors (Lipinski definition) is 3. The molecule has 5 heteroatoms. The molecule has 138 valence electrons. The van der Waals surface area contributed by atoms with Gasteiger partial charge in [0.2, 0.25) is 5.91 Å². The number of amides is 1. The van der Waals surface area contributed by atoms with Crippen molar-refractivity contribution in [1.82, 2.24) is 9.88 Å². The Morgan fingerprint density at radius 3 is 2.37 bits per heavy atom. The summed E-state index contributed by atoms with van der Waals surface area (Å²) in [5.74, 6) is -0.258. The maximum atomic E-state index is 13.6. The van der Waals surface area contributed by atoms with Crippen molar-refractivity contribution in [3.63, 3.8) is 0 Å². The number of aromatic amines is 1. The third-order valence-electron chi connectivity index (χ3n) is 5.52. The van der Waals surface area contributed by atoms with Crippen molar-refractivity contribution in [2.75, 3.05) is 13.1 Å². The predicted octanol–water partition coefficient (Wildman–Crippen LogP) is 3.29. The Balaban J connectivity index is 1.69. The van der Waals surface area contributed by atoms with E-state index in [1.807, 2.05) is 54.6 Å². The van der Waals surface area contributed by atoms with Crippen LogP contribution in [0.15, 0.2) is 60.8 Å². The van der Waals surface area contributed by atoms with Crippen LogP contribution in [0.1, 0.15) is 34.8 Å². The third kappa shape index (κ3) is 3.38. The van der Waals surface area contributed by atoms with Crippen LogP contribution in [0.4, 0.5) is 0 Å². The molecule has 0 bridgehead atoms. The van der Waals surface area contributed by atoms with Crippen LogP contribution in [-0.4, -0.2) is 34.7 Å². The van der Waals surface area contributed by atoms with Crippen LogP contribution in [0.5, 0.6) is 0 Å².